The molecule has 2 N–H and O–H groups in total. The SMILES string of the molecule is NCc1cc(Oc2cc(F)cc(F)c2)c2ccccc2n1. The van der Waals surface area contributed by atoms with Gasteiger partial charge >= 0.3 is 0 Å². The standard InChI is InChI=1S/C16H12F2N2O/c17-10-5-11(18)7-13(6-10)21-16-8-12(9-19)20-15-4-2-1-3-14(15)16/h1-8H,9,19H2. The van der Waals surface area contributed by atoms with Gasteiger partial charge in [0, 0.05) is 36.2 Å². The molecule has 106 valence electrons. The molecule has 0 fully saturated rings. The highest BCUT2D eigenvalue weighted by Crippen LogP contribution is 2.30. The Bertz CT molecular complexity index is 785. The second kappa shape index (κ2) is 5.46. The summed E-state index contributed by atoms with van der Waals surface area (Å²) in [4.78, 5) is 4.38. The van der Waals surface area contributed by atoms with E-state index in [0.29, 0.717) is 17.0 Å². The van der Waals surface area contributed by atoms with Crippen molar-refractivity contribution in [2.45, 2.75) is 6.54 Å². The fraction of sp³-hybridized carbons (Fsp3) is 0.0625. The van der Waals surface area contributed by atoms with Crippen LogP contribution in [0.4, 0.5) is 8.78 Å². The summed E-state index contributed by atoms with van der Waals surface area (Å²) >= 11 is 0. The van der Waals surface area contributed by atoms with E-state index in [4.69, 9.17) is 10.5 Å². The van der Waals surface area contributed by atoms with E-state index in [1.807, 2.05) is 24.3 Å². The molecule has 3 rings (SSSR count). The minimum absolute atomic E-state index is 0.0897. The van der Waals surface area contributed by atoms with Gasteiger partial charge in [-0.25, -0.2) is 8.78 Å². The van der Waals surface area contributed by atoms with Crippen molar-refractivity contribution in [1.82, 2.24) is 4.98 Å². The Morgan fingerprint density at radius 1 is 1.00 bits per heavy atom. The molecule has 0 aliphatic heterocycles. The van der Waals surface area contributed by atoms with Crippen LogP contribution in [0, 0.1) is 11.6 Å². The maximum absolute atomic E-state index is 13.2. The van der Waals surface area contributed by atoms with Crippen molar-refractivity contribution < 1.29 is 13.5 Å². The summed E-state index contributed by atoms with van der Waals surface area (Å²) in [6.45, 7) is 0.249. The van der Waals surface area contributed by atoms with Crippen molar-refractivity contribution in [2.24, 2.45) is 5.73 Å². The quantitative estimate of drug-likeness (QED) is 0.797. The molecule has 0 spiro atoms. The molecular formula is C16H12F2N2O. The molecule has 0 saturated heterocycles. The van der Waals surface area contributed by atoms with Gasteiger partial charge < -0.3 is 10.5 Å². The fourth-order valence-electron chi connectivity index (χ4n) is 2.10. The van der Waals surface area contributed by atoms with E-state index in [9.17, 15) is 8.78 Å². The number of pyridine rings is 1. The monoisotopic (exact) mass is 286 g/mol. The van der Waals surface area contributed by atoms with Crippen LogP contribution in [0.2, 0.25) is 0 Å². The Balaban J connectivity index is 2.10. The first-order valence-corrected chi connectivity index (χ1v) is 6.38. The molecule has 0 bridgehead atoms. The highest BCUT2D eigenvalue weighted by atomic mass is 19.1. The summed E-state index contributed by atoms with van der Waals surface area (Å²) in [5.74, 6) is -0.831. The van der Waals surface area contributed by atoms with E-state index in [2.05, 4.69) is 4.98 Å². The van der Waals surface area contributed by atoms with Gasteiger partial charge in [0.2, 0.25) is 0 Å². The normalized spacial score (nSPS) is 10.8. The van der Waals surface area contributed by atoms with Crippen LogP contribution in [0.25, 0.3) is 10.9 Å². The number of para-hydroxylation sites is 1. The molecule has 2 aromatic carbocycles. The molecule has 5 heteroatoms. The zero-order valence-electron chi connectivity index (χ0n) is 11.0. The van der Waals surface area contributed by atoms with Gasteiger partial charge in [-0.15, -0.1) is 0 Å². The Morgan fingerprint density at radius 2 is 1.71 bits per heavy atom. The maximum atomic E-state index is 13.2. The van der Waals surface area contributed by atoms with E-state index in [-0.39, 0.29) is 12.3 Å². The zero-order chi connectivity index (χ0) is 14.8. The van der Waals surface area contributed by atoms with E-state index in [0.717, 1.165) is 23.6 Å². The number of ether oxygens (including phenoxy) is 1. The second-order valence-corrected chi connectivity index (χ2v) is 4.54. The summed E-state index contributed by atoms with van der Waals surface area (Å²) in [6.07, 6.45) is 0. The molecule has 0 amide bonds. The molecule has 0 aliphatic carbocycles. The molecule has 0 aliphatic rings. The molecule has 0 saturated carbocycles. The van der Waals surface area contributed by atoms with Crippen molar-refractivity contribution in [2.75, 3.05) is 0 Å². The van der Waals surface area contributed by atoms with Gasteiger partial charge in [-0.05, 0) is 12.1 Å². The van der Waals surface area contributed by atoms with E-state index in [1.165, 1.54) is 0 Å². The zero-order valence-corrected chi connectivity index (χ0v) is 11.0. The van der Waals surface area contributed by atoms with Crippen LogP contribution in [0.1, 0.15) is 5.69 Å². The summed E-state index contributed by atoms with van der Waals surface area (Å²) in [5.41, 5.74) is 6.97. The molecule has 3 aromatic rings. The van der Waals surface area contributed by atoms with E-state index < -0.39 is 11.6 Å². The molecular weight excluding hydrogens is 274 g/mol. The average Bonchev–Trinajstić information content (AvgIpc) is 2.46. The molecule has 21 heavy (non-hydrogen) atoms. The summed E-state index contributed by atoms with van der Waals surface area (Å²) in [5, 5.41) is 0.749. The highest BCUT2D eigenvalue weighted by Gasteiger charge is 2.09. The first kappa shape index (κ1) is 13.5. The minimum Gasteiger partial charge on any atom is -0.456 e. The van der Waals surface area contributed by atoms with Gasteiger partial charge in [-0.1, -0.05) is 12.1 Å². The third-order valence-electron chi connectivity index (χ3n) is 3.00. The summed E-state index contributed by atoms with van der Waals surface area (Å²) in [7, 11) is 0. The van der Waals surface area contributed by atoms with Crippen LogP contribution in [0.3, 0.4) is 0 Å². The predicted molar refractivity (Wildman–Crippen MR) is 76.1 cm³/mol. The number of nitrogens with two attached hydrogens (primary N) is 1. The van der Waals surface area contributed by atoms with Crippen molar-refractivity contribution >= 4 is 10.9 Å². The highest BCUT2D eigenvalue weighted by molar-refractivity contribution is 5.85. The van der Waals surface area contributed by atoms with Crippen LogP contribution >= 0.6 is 0 Å². The lowest BCUT2D eigenvalue weighted by Crippen LogP contribution is -2.01. The molecule has 0 unspecified atom stereocenters. The maximum Gasteiger partial charge on any atom is 0.138 e. The number of nitrogens with zero attached hydrogens (tertiary/aromatic N) is 1. The van der Waals surface area contributed by atoms with Gasteiger partial charge in [-0.3, -0.25) is 4.98 Å². The molecule has 0 radical (unpaired) electrons. The average molecular weight is 286 g/mol. The predicted octanol–water partition coefficient (Wildman–Crippen LogP) is 3.76. The summed E-state index contributed by atoms with van der Waals surface area (Å²) < 4.78 is 32.1. The Kier molecular flexibility index (Phi) is 3.50. The molecule has 1 aromatic heterocycles. The van der Waals surface area contributed by atoms with Gasteiger partial charge in [-0.2, -0.15) is 0 Å². The van der Waals surface area contributed by atoms with Gasteiger partial charge in [0.25, 0.3) is 0 Å². The molecule has 0 atom stereocenters. The molecule has 1 heterocycles. The third kappa shape index (κ3) is 2.83. The second-order valence-electron chi connectivity index (χ2n) is 4.54. The Labute approximate surface area is 120 Å². The number of halogens is 2. The van der Waals surface area contributed by atoms with Crippen LogP contribution in [-0.4, -0.2) is 4.98 Å². The number of fused-ring (bicyclic) bond motifs is 1. The van der Waals surface area contributed by atoms with Crippen LogP contribution in [-0.2, 0) is 6.54 Å². The van der Waals surface area contributed by atoms with E-state index in [1.54, 1.807) is 6.07 Å². The van der Waals surface area contributed by atoms with Gasteiger partial charge in [0.15, 0.2) is 0 Å². The van der Waals surface area contributed by atoms with Crippen molar-refractivity contribution in [3.8, 4) is 11.5 Å². The first-order valence-electron chi connectivity index (χ1n) is 6.38. The number of benzene rings is 2. The molecule has 3 nitrogen and oxygen atoms in total. The fourth-order valence-corrected chi connectivity index (χ4v) is 2.10. The number of hydrogen-bond acceptors (Lipinski definition) is 3. The topological polar surface area (TPSA) is 48.1 Å². The van der Waals surface area contributed by atoms with Crippen LogP contribution in [0.5, 0.6) is 11.5 Å². The smallest absolute Gasteiger partial charge is 0.138 e. The Morgan fingerprint density at radius 3 is 2.43 bits per heavy atom. The number of hydrogen-bond donors (Lipinski definition) is 1. The first-order chi connectivity index (χ1) is 10.2. The lowest BCUT2D eigenvalue weighted by molar-refractivity contribution is 0.472. The van der Waals surface area contributed by atoms with Crippen molar-refractivity contribution in [3.05, 3.63) is 65.9 Å². The summed E-state index contributed by atoms with van der Waals surface area (Å²) in [6, 6.07) is 12.1. The Hall–Kier alpha value is -2.53. The largest absolute Gasteiger partial charge is 0.456 e. The lowest BCUT2D eigenvalue weighted by atomic mass is 10.2. The number of aromatic nitrogens is 1. The third-order valence-corrected chi connectivity index (χ3v) is 3.00. The van der Waals surface area contributed by atoms with Crippen molar-refractivity contribution in [3.63, 3.8) is 0 Å². The van der Waals surface area contributed by atoms with Gasteiger partial charge in [0.05, 0.1) is 11.2 Å². The van der Waals surface area contributed by atoms with E-state index >= 15 is 0 Å². The number of rotatable bonds is 3. The van der Waals surface area contributed by atoms with Crippen LogP contribution in [0.15, 0.2) is 48.5 Å². The van der Waals surface area contributed by atoms with Crippen molar-refractivity contribution in [1.29, 1.82) is 0 Å². The lowest BCUT2D eigenvalue weighted by Gasteiger charge is -2.10. The van der Waals surface area contributed by atoms with Gasteiger partial charge in [0.1, 0.15) is 23.1 Å². The minimum atomic E-state index is -0.692. The van der Waals surface area contributed by atoms with Crippen LogP contribution < -0.4 is 10.5 Å².